The Bertz CT molecular complexity index is 465. The van der Waals surface area contributed by atoms with Crippen LogP contribution in [0.25, 0.3) is 0 Å². The highest BCUT2D eigenvalue weighted by molar-refractivity contribution is 8.00. The largest absolute Gasteiger partial charge is 0.481 e. The van der Waals surface area contributed by atoms with Gasteiger partial charge in [-0.2, -0.15) is 11.8 Å². The third-order valence-corrected chi connectivity index (χ3v) is 5.26. The van der Waals surface area contributed by atoms with Crippen LogP contribution in [0, 0.1) is 0 Å². The highest BCUT2D eigenvalue weighted by Crippen LogP contribution is 2.36. The van der Waals surface area contributed by atoms with E-state index in [4.69, 9.17) is 11.0 Å². The summed E-state index contributed by atoms with van der Waals surface area (Å²) >= 11 is 1.74. The maximum atomic E-state index is 12.0. The highest BCUT2D eigenvalue weighted by Gasteiger charge is 2.48. The van der Waals surface area contributed by atoms with E-state index in [2.05, 4.69) is 21.1 Å². The summed E-state index contributed by atoms with van der Waals surface area (Å²) in [4.78, 5) is 38.1. The number of carboxylic acid groups (broad SMARTS) is 1. The third kappa shape index (κ3) is 4.70. The zero-order valence-electron chi connectivity index (χ0n) is 12.5. The van der Waals surface area contributed by atoms with Crippen LogP contribution < -0.4 is 22.2 Å². The fourth-order valence-electron chi connectivity index (χ4n) is 2.76. The summed E-state index contributed by atoms with van der Waals surface area (Å²) in [6.45, 7) is -0.316. The van der Waals surface area contributed by atoms with E-state index in [1.165, 1.54) is 5.01 Å². The molecule has 23 heavy (non-hydrogen) atoms. The van der Waals surface area contributed by atoms with Crippen molar-refractivity contribution in [3.63, 3.8) is 0 Å². The lowest BCUT2D eigenvalue weighted by Crippen LogP contribution is -2.56. The molecule has 2 aliphatic rings. The van der Waals surface area contributed by atoms with Gasteiger partial charge in [-0.1, -0.05) is 6.42 Å². The lowest BCUT2D eigenvalue weighted by molar-refractivity contribution is -0.137. The molecule has 0 aromatic carbocycles. The third-order valence-electron chi connectivity index (χ3n) is 3.77. The SMILES string of the molecule is NOCC(=O)NNN1C(=O)N[C@H]2CS[C@@H](CCCCC(=O)O)[C@H]21. The monoisotopic (exact) mass is 347 g/mol. The number of urea groups is 1. The van der Waals surface area contributed by atoms with Crippen molar-refractivity contribution in [3.05, 3.63) is 0 Å². The number of hydrazine groups is 2. The average molecular weight is 347 g/mol. The van der Waals surface area contributed by atoms with E-state index in [-0.39, 0.29) is 36.4 Å². The number of amides is 3. The van der Waals surface area contributed by atoms with Crippen LogP contribution in [0.1, 0.15) is 25.7 Å². The van der Waals surface area contributed by atoms with Crippen LogP contribution in [-0.2, 0) is 14.4 Å². The summed E-state index contributed by atoms with van der Waals surface area (Å²) in [6, 6.07) is -0.395. The molecule has 0 radical (unpaired) electrons. The number of thioether (sulfide) groups is 1. The second-order valence-corrected chi connectivity index (χ2v) is 6.67. The molecule has 0 bridgehead atoms. The first-order valence-electron chi connectivity index (χ1n) is 7.32. The number of carbonyl (C=O) groups is 3. The fourth-order valence-corrected chi connectivity index (χ4v) is 4.33. The van der Waals surface area contributed by atoms with Crippen molar-refractivity contribution < 1.29 is 24.3 Å². The van der Waals surface area contributed by atoms with Gasteiger partial charge in [0.15, 0.2) is 0 Å². The number of nitrogens with one attached hydrogen (secondary N) is 3. The van der Waals surface area contributed by atoms with Gasteiger partial charge in [0.05, 0.1) is 12.1 Å². The van der Waals surface area contributed by atoms with E-state index in [1.807, 2.05) is 0 Å². The van der Waals surface area contributed by atoms with Crippen LogP contribution in [0.2, 0.25) is 0 Å². The second kappa shape index (κ2) is 8.34. The Balaban J connectivity index is 1.85. The van der Waals surface area contributed by atoms with E-state index >= 15 is 0 Å². The number of fused-ring (bicyclic) bond motifs is 1. The topological polar surface area (TPSA) is 146 Å². The Morgan fingerprint density at radius 3 is 2.96 bits per heavy atom. The lowest BCUT2D eigenvalue weighted by atomic mass is 10.0. The maximum Gasteiger partial charge on any atom is 0.333 e. The van der Waals surface area contributed by atoms with Crippen molar-refractivity contribution in [2.24, 2.45) is 5.90 Å². The molecular formula is C12H21N5O5S. The number of aliphatic carboxylic acids is 1. The van der Waals surface area contributed by atoms with Crippen LogP contribution in [0.4, 0.5) is 4.79 Å². The number of carbonyl (C=O) groups excluding carboxylic acids is 2. The molecule has 0 spiro atoms. The minimum absolute atomic E-state index is 0.00661. The van der Waals surface area contributed by atoms with E-state index in [9.17, 15) is 14.4 Å². The van der Waals surface area contributed by atoms with Crippen LogP contribution in [0.3, 0.4) is 0 Å². The Kier molecular flexibility index (Phi) is 6.45. The van der Waals surface area contributed by atoms with E-state index < -0.39 is 11.9 Å². The Labute approximate surface area is 137 Å². The van der Waals surface area contributed by atoms with E-state index in [0.717, 1.165) is 18.6 Å². The molecule has 0 saturated carbocycles. The molecule has 3 amide bonds. The summed E-state index contributed by atoms with van der Waals surface area (Å²) in [5.41, 5.74) is 4.96. The minimum Gasteiger partial charge on any atom is -0.481 e. The van der Waals surface area contributed by atoms with Gasteiger partial charge >= 0.3 is 12.0 Å². The van der Waals surface area contributed by atoms with Crippen molar-refractivity contribution in [1.82, 2.24) is 21.3 Å². The van der Waals surface area contributed by atoms with Gasteiger partial charge in [-0.25, -0.2) is 15.7 Å². The lowest BCUT2D eigenvalue weighted by Gasteiger charge is -2.27. The molecule has 0 aromatic rings. The number of nitrogens with zero attached hydrogens (tertiary/aromatic N) is 1. The van der Waals surface area contributed by atoms with Crippen molar-refractivity contribution in [3.8, 4) is 0 Å². The first kappa shape index (κ1) is 17.8. The predicted octanol–water partition coefficient (Wildman–Crippen LogP) is -1.06. The van der Waals surface area contributed by atoms with Gasteiger partial charge in [0, 0.05) is 17.4 Å². The smallest absolute Gasteiger partial charge is 0.333 e. The van der Waals surface area contributed by atoms with Crippen LogP contribution >= 0.6 is 11.8 Å². The molecule has 2 aliphatic heterocycles. The molecular weight excluding hydrogens is 326 g/mol. The van der Waals surface area contributed by atoms with Gasteiger partial charge in [0.2, 0.25) is 0 Å². The number of unbranched alkanes of at least 4 members (excludes halogenated alkanes) is 1. The summed E-state index contributed by atoms with van der Waals surface area (Å²) in [5.74, 6) is 4.31. The highest BCUT2D eigenvalue weighted by atomic mass is 32.2. The number of rotatable bonds is 9. The van der Waals surface area contributed by atoms with Crippen LogP contribution in [0.15, 0.2) is 0 Å². The Morgan fingerprint density at radius 1 is 1.48 bits per heavy atom. The molecule has 6 N–H and O–H groups in total. The van der Waals surface area contributed by atoms with Crippen molar-refractivity contribution in [2.75, 3.05) is 12.4 Å². The molecule has 130 valence electrons. The molecule has 2 saturated heterocycles. The molecule has 11 heteroatoms. The second-order valence-electron chi connectivity index (χ2n) is 5.40. The van der Waals surface area contributed by atoms with Crippen molar-refractivity contribution in [2.45, 2.75) is 43.0 Å². The number of hydrogen-bond acceptors (Lipinski definition) is 7. The van der Waals surface area contributed by atoms with E-state index in [1.54, 1.807) is 11.8 Å². The molecule has 0 aromatic heterocycles. The van der Waals surface area contributed by atoms with Gasteiger partial charge in [-0.05, 0) is 12.8 Å². The fraction of sp³-hybridized carbons (Fsp3) is 0.750. The molecule has 10 nitrogen and oxygen atoms in total. The quantitative estimate of drug-likeness (QED) is 0.201. The minimum atomic E-state index is -0.798. The van der Waals surface area contributed by atoms with Gasteiger partial charge in [-0.3, -0.25) is 19.9 Å². The molecule has 0 aliphatic carbocycles. The van der Waals surface area contributed by atoms with Crippen LogP contribution in [-0.4, -0.2) is 57.7 Å². The van der Waals surface area contributed by atoms with Crippen molar-refractivity contribution >= 4 is 29.7 Å². The number of carboxylic acids is 1. The summed E-state index contributed by atoms with van der Waals surface area (Å²) in [6.07, 6.45) is 2.36. The average Bonchev–Trinajstić information content (AvgIpc) is 3.00. The normalized spacial score (nSPS) is 26.0. The summed E-state index contributed by atoms with van der Waals surface area (Å²) in [7, 11) is 0. The number of hydrogen-bond donors (Lipinski definition) is 5. The number of nitrogens with two attached hydrogens (primary N) is 1. The zero-order valence-corrected chi connectivity index (χ0v) is 13.3. The van der Waals surface area contributed by atoms with Gasteiger partial charge in [0.25, 0.3) is 5.91 Å². The first-order valence-corrected chi connectivity index (χ1v) is 8.37. The summed E-state index contributed by atoms with van der Waals surface area (Å²) in [5, 5.41) is 13.1. The molecule has 2 rings (SSSR count). The van der Waals surface area contributed by atoms with Crippen LogP contribution in [0.5, 0.6) is 0 Å². The molecule has 2 heterocycles. The molecule has 3 atom stereocenters. The Morgan fingerprint density at radius 2 is 2.26 bits per heavy atom. The summed E-state index contributed by atoms with van der Waals surface area (Å²) < 4.78 is 0. The van der Waals surface area contributed by atoms with E-state index in [0.29, 0.717) is 6.42 Å². The molecule has 2 fully saturated rings. The van der Waals surface area contributed by atoms with Gasteiger partial charge < -0.3 is 10.4 Å². The zero-order chi connectivity index (χ0) is 16.8. The standard InChI is InChI=1S/C12H21N5O5S/c13-22-5-9(18)15-16-17-11-7(14-12(17)21)6-23-8(11)3-1-2-4-10(19)20/h7-8,11,16H,1-6,13H2,(H,14,21)(H,15,18)(H,19,20)/t7-,8-,11-/m0/s1. The van der Waals surface area contributed by atoms with Gasteiger partial charge in [-0.15, -0.1) is 5.53 Å². The molecule has 0 unspecified atom stereocenters. The Hall–Kier alpha value is -1.56. The first-order chi connectivity index (χ1) is 11.0. The maximum absolute atomic E-state index is 12.0. The van der Waals surface area contributed by atoms with Gasteiger partial charge in [0.1, 0.15) is 6.61 Å². The predicted molar refractivity (Wildman–Crippen MR) is 81.7 cm³/mol. The van der Waals surface area contributed by atoms with Crippen molar-refractivity contribution in [1.29, 1.82) is 0 Å².